The van der Waals surface area contributed by atoms with Crippen molar-refractivity contribution in [2.24, 2.45) is 0 Å². The fraction of sp³-hybridized carbons (Fsp3) is 0.429. The lowest BCUT2D eigenvalue weighted by molar-refractivity contribution is -0.165. The molecule has 3 rings (SSSR count). The molecule has 0 N–H and O–H groups in total. The van der Waals surface area contributed by atoms with Gasteiger partial charge >= 0.3 is 11.9 Å². The number of epoxide rings is 1. The predicted molar refractivity (Wildman–Crippen MR) is 64.1 cm³/mol. The highest BCUT2D eigenvalue weighted by Gasteiger charge is 2.87. The topological polar surface area (TPSA) is 65.1 Å². The monoisotopic (exact) mass is 262 g/mol. The molecule has 0 radical (unpaired) electrons. The Morgan fingerprint density at radius 2 is 2.05 bits per heavy atom. The molecule has 5 heteroatoms. The molecule has 0 bridgehead atoms. The van der Waals surface area contributed by atoms with E-state index in [1.807, 2.05) is 30.3 Å². The SMILES string of the molecule is CCOC(=O)[C@@]12O[C@]1(C)[C@@H](c1ccccc1)OC2=O. The van der Waals surface area contributed by atoms with Gasteiger partial charge in [0, 0.05) is 0 Å². The van der Waals surface area contributed by atoms with E-state index in [0.717, 1.165) is 5.56 Å². The average Bonchev–Trinajstić information content (AvgIpc) is 2.99. The Bertz CT molecular complexity index is 540. The largest absolute Gasteiger partial charge is 0.463 e. The van der Waals surface area contributed by atoms with Gasteiger partial charge in [0.2, 0.25) is 0 Å². The van der Waals surface area contributed by atoms with Gasteiger partial charge < -0.3 is 14.2 Å². The van der Waals surface area contributed by atoms with Gasteiger partial charge in [0.25, 0.3) is 5.60 Å². The molecule has 2 fully saturated rings. The molecule has 0 unspecified atom stereocenters. The van der Waals surface area contributed by atoms with Crippen LogP contribution in [-0.4, -0.2) is 29.7 Å². The summed E-state index contributed by atoms with van der Waals surface area (Å²) < 4.78 is 15.7. The number of benzene rings is 1. The number of carbonyl (C=O) groups is 2. The predicted octanol–water partition coefficient (Wildman–Crippen LogP) is 1.38. The van der Waals surface area contributed by atoms with Gasteiger partial charge in [-0.2, -0.15) is 0 Å². The molecule has 0 amide bonds. The first-order valence-corrected chi connectivity index (χ1v) is 6.19. The summed E-state index contributed by atoms with van der Waals surface area (Å²) >= 11 is 0. The van der Waals surface area contributed by atoms with Crippen LogP contribution in [0, 0.1) is 0 Å². The molecule has 2 heterocycles. The second kappa shape index (κ2) is 3.81. The third kappa shape index (κ3) is 1.39. The van der Waals surface area contributed by atoms with E-state index in [2.05, 4.69) is 0 Å². The lowest BCUT2D eigenvalue weighted by Gasteiger charge is -2.15. The van der Waals surface area contributed by atoms with Crippen LogP contribution < -0.4 is 0 Å². The smallest absolute Gasteiger partial charge is 0.354 e. The van der Waals surface area contributed by atoms with Crippen LogP contribution in [0.25, 0.3) is 0 Å². The second-order valence-corrected chi connectivity index (χ2v) is 4.81. The number of rotatable bonds is 3. The minimum absolute atomic E-state index is 0.198. The number of hydrogen-bond acceptors (Lipinski definition) is 5. The lowest BCUT2D eigenvalue weighted by Crippen LogP contribution is -2.37. The summed E-state index contributed by atoms with van der Waals surface area (Å²) in [6.07, 6.45) is -0.578. The van der Waals surface area contributed by atoms with Crippen molar-refractivity contribution in [3.8, 4) is 0 Å². The van der Waals surface area contributed by atoms with Crippen molar-refractivity contribution in [3.05, 3.63) is 35.9 Å². The van der Waals surface area contributed by atoms with Crippen LogP contribution in [0.4, 0.5) is 0 Å². The number of cyclic esters (lactones) is 1. The molecule has 0 aromatic heterocycles. The van der Waals surface area contributed by atoms with E-state index in [-0.39, 0.29) is 6.61 Å². The summed E-state index contributed by atoms with van der Waals surface area (Å²) in [6.45, 7) is 3.58. The molecule has 0 aliphatic carbocycles. The van der Waals surface area contributed by atoms with E-state index in [4.69, 9.17) is 14.2 Å². The van der Waals surface area contributed by atoms with Gasteiger partial charge in [-0.05, 0) is 19.4 Å². The Hall–Kier alpha value is -1.88. The van der Waals surface area contributed by atoms with Crippen LogP contribution in [0.5, 0.6) is 0 Å². The molecule has 1 aromatic rings. The molecule has 19 heavy (non-hydrogen) atoms. The van der Waals surface area contributed by atoms with Gasteiger partial charge in [0.15, 0.2) is 11.7 Å². The van der Waals surface area contributed by atoms with Gasteiger partial charge in [-0.3, -0.25) is 0 Å². The van der Waals surface area contributed by atoms with Crippen molar-refractivity contribution < 1.29 is 23.8 Å². The average molecular weight is 262 g/mol. The number of hydrogen-bond donors (Lipinski definition) is 0. The maximum Gasteiger partial charge on any atom is 0.354 e. The summed E-state index contributed by atoms with van der Waals surface area (Å²) in [5.74, 6) is -1.33. The Balaban J connectivity index is 1.95. The number of carbonyl (C=O) groups excluding carboxylic acids is 2. The van der Waals surface area contributed by atoms with Crippen LogP contribution in [-0.2, 0) is 23.8 Å². The summed E-state index contributed by atoms with van der Waals surface area (Å²) in [6, 6.07) is 9.24. The number of esters is 2. The minimum Gasteiger partial charge on any atom is -0.463 e. The Morgan fingerprint density at radius 1 is 1.37 bits per heavy atom. The highest BCUT2D eigenvalue weighted by molar-refractivity contribution is 6.10. The summed E-state index contributed by atoms with van der Waals surface area (Å²) in [4.78, 5) is 23.9. The minimum atomic E-state index is -1.58. The summed E-state index contributed by atoms with van der Waals surface area (Å²) in [5, 5.41) is 0. The Kier molecular flexibility index (Phi) is 2.44. The zero-order valence-electron chi connectivity index (χ0n) is 10.7. The fourth-order valence-electron chi connectivity index (χ4n) is 2.65. The molecular weight excluding hydrogens is 248 g/mol. The highest BCUT2D eigenvalue weighted by Crippen LogP contribution is 2.62. The molecule has 1 aromatic carbocycles. The van der Waals surface area contributed by atoms with Crippen LogP contribution in [0.15, 0.2) is 30.3 Å². The van der Waals surface area contributed by atoms with Gasteiger partial charge in [-0.15, -0.1) is 0 Å². The highest BCUT2D eigenvalue weighted by atomic mass is 16.7. The fourth-order valence-corrected chi connectivity index (χ4v) is 2.65. The molecule has 0 spiro atoms. The summed E-state index contributed by atoms with van der Waals surface area (Å²) in [5.41, 5.74) is -1.75. The van der Waals surface area contributed by atoms with E-state index in [9.17, 15) is 9.59 Å². The number of ether oxygens (including phenoxy) is 3. The first-order chi connectivity index (χ1) is 9.06. The van der Waals surface area contributed by atoms with E-state index < -0.39 is 29.2 Å². The van der Waals surface area contributed by atoms with Crippen molar-refractivity contribution in [1.82, 2.24) is 0 Å². The molecule has 100 valence electrons. The van der Waals surface area contributed by atoms with Crippen molar-refractivity contribution in [2.75, 3.05) is 6.61 Å². The molecule has 5 nitrogen and oxygen atoms in total. The van der Waals surface area contributed by atoms with Crippen molar-refractivity contribution in [3.63, 3.8) is 0 Å². The van der Waals surface area contributed by atoms with E-state index in [1.54, 1.807) is 13.8 Å². The maximum atomic E-state index is 12.0. The Labute approximate surface area is 110 Å². The van der Waals surface area contributed by atoms with Gasteiger partial charge in [-0.25, -0.2) is 9.59 Å². The first kappa shape index (κ1) is 12.2. The normalized spacial score (nSPS) is 35.5. The second-order valence-electron chi connectivity index (χ2n) is 4.81. The third-order valence-electron chi connectivity index (χ3n) is 3.70. The molecular formula is C14H14O5. The van der Waals surface area contributed by atoms with Gasteiger partial charge in [0.1, 0.15) is 0 Å². The van der Waals surface area contributed by atoms with Crippen LogP contribution in [0.2, 0.25) is 0 Å². The molecule has 2 saturated heterocycles. The Morgan fingerprint density at radius 3 is 2.63 bits per heavy atom. The van der Waals surface area contributed by atoms with E-state index >= 15 is 0 Å². The number of fused-ring (bicyclic) bond motifs is 1. The van der Waals surface area contributed by atoms with E-state index in [1.165, 1.54) is 0 Å². The standard InChI is InChI=1S/C14H14O5/c1-3-17-11(15)14-12(16)18-10(13(14,2)19-14)9-7-5-4-6-8-9/h4-8,10H,3H2,1-2H3/t10-,13-,14+/m1/s1. The zero-order chi connectivity index (χ0) is 13.7. The molecule has 3 atom stereocenters. The quantitative estimate of drug-likeness (QED) is 0.467. The zero-order valence-corrected chi connectivity index (χ0v) is 10.7. The van der Waals surface area contributed by atoms with Crippen LogP contribution in [0.1, 0.15) is 25.5 Å². The molecule has 2 aliphatic heterocycles. The maximum absolute atomic E-state index is 12.0. The first-order valence-electron chi connectivity index (χ1n) is 6.19. The summed E-state index contributed by atoms with van der Waals surface area (Å²) in [7, 11) is 0. The van der Waals surface area contributed by atoms with Crippen molar-refractivity contribution in [1.29, 1.82) is 0 Å². The van der Waals surface area contributed by atoms with Gasteiger partial charge in [0.05, 0.1) is 6.61 Å². The molecule has 0 saturated carbocycles. The van der Waals surface area contributed by atoms with Crippen molar-refractivity contribution >= 4 is 11.9 Å². The third-order valence-corrected chi connectivity index (χ3v) is 3.70. The lowest BCUT2D eigenvalue weighted by atomic mass is 9.89. The molecule has 2 aliphatic rings. The van der Waals surface area contributed by atoms with Crippen molar-refractivity contribution in [2.45, 2.75) is 31.2 Å². The van der Waals surface area contributed by atoms with Crippen LogP contribution in [0.3, 0.4) is 0 Å². The van der Waals surface area contributed by atoms with E-state index in [0.29, 0.717) is 0 Å². The van der Waals surface area contributed by atoms with Crippen LogP contribution >= 0.6 is 0 Å². The van der Waals surface area contributed by atoms with Gasteiger partial charge in [-0.1, -0.05) is 30.3 Å².